The van der Waals surface area contributed by atoms with Crippen molar-refractivity contribution in [2.75, 3.05) is 13.1 Å². The molecule has 0 bridgehead atoms. The highest BCUT2D eigenvalue weighted by molar-refractivity contribution is 5.94. The maximum Gasteiger partial charge on any atom is 0.253 e. The number of benzene rings is 1. The molecule has 1 fully saturated rings. The van der Waals surface area contributed by atoms with Crippen LogP contribution in [0.1, 0.15) is 40.5 Å². The topological polar surface area (TPSA) is 63.4 Å². The van der Waals surface area contributed by atoms with E-state index in [1.54, 1.807) is 21.5 Å². The van der Waals surface area contributed by atoms with Gasteiger partial charge in [0.1, 0.15) is 12.1 Å². The molecule has 1 atom stereocenters. The Bertz CT molecular complexity index is 938. The molecule has 1 amide bonds. The molecule has 0 spiro atoms. The first kappa shape index (κ1) is 15.7. The van der Waals surface area contributed by atoms with Gasteiger partial charge in [-0.15, -0.1) is 0 Å². The van der Waals surface area contributed by atoms with Gasteiger partial charge in [0.15, 0.2) is 0 Å². The van der Waals surface area contributed by atoms with E-state index in [0.29, 0.717) is 24.4 Å². The second-order valence-corrected chi connectivity index (χ2v) is 6.39. The summed E-state index contributed by atoms with van der Waals surface area (Å²) in [5.74, 6) is 0.194. The van der Waals surface area contributed by atoms with E-state index in [2.05, 4.69) is 15.1 Å². The summed E-state index contributed by atoms with van der Waals surface area (Å²) in [7, 11) is 0. The summed E-state index contributed by atoms with van der Waals surface area (Å²) in [6.45, 7) is 3.18. The highest BCUT2D eigenvalue weighted by Gasteiger charge is 2.27. The van der Waals surface area contributed by atoms with Crippen LogP contribution in [0, 0.1) is 12.7 Å². The Kier molecular flexibility index (Phi) is 3.91. The van der Waals surface area contributed by atoms with Gasteiger partial charge in [0, 0.05) is 30.3 Å². The van der Waals surface area contributed by atoms with Gasteiger partial charge in [-0.1, -0.05) is 6.07 Å². The SMILES string of the molecule is Cc1cc(C2CCCN(C(=O)c3cccc(F)c3)C2)n2ncnc2n1. The second-order valence-electron chi connectivity index (χ2n) is 6.39. The molecule has 0 aliphatic carbocycles. The highest BCUT2D eigenvalue weighted by Crippen LogP contribution is 2.28. The zero-order chi connectivity index (χ0) is 17.4. The third kappa shape index (κ3) is 2.97. The van der Waals surface area contributed by atoms with E-state index in [1.165, 1.54) is 18.5 Å². The van der Waals surface area contributed by atoms with Crippen LogP contribution >= 0.6 is 0 Å². The van der Waals surface area contributed by atoms with Crippen LogP contribution in [0.2, 0.25) is 0 Å². The van der Waals surface area contributed by atoms with E-state index >= 15 is 0 Å². The second kappa shape index (κ2) is 6.23. The maximum absolute atomic E-state index is 13.4. The van der Waals surface area contributed by atoms with Gasteiger partial charge in [-0.3, -0.25) is 4.79 Å². The molecular weight excluding hydrogens is 321 g/mol. The summed E-state index contributed by atoms with van der Waals surface area (Å²) in [5, 5.41) is 4.26. The van der Waals surface area contributed by atoms with E-state index in [-0.39, 0.29) is 11.8 Å². The van der Waals surface area contributed by atoms with E-state index in [9.17, 15) is 9.18 Å². The van der Waals surface area contributed by atoms with Crippen LogP contribution in [0.5, 0.6) is 0 Å². The molecule has 0 saturated carbocycles. The molecule has 1 unspecified atom stereocenters. The Hall–Kier alpha value is -2.83. The number of fused-ring (bicyclic) bond motifs is 1. The molecule has 7 heteroatoms. The number of halogens is 1. The number of aryl methyl sites for hydroxylation is 1. The number of aromatic nitrogens is 4. The number of nitrogens with zero attached hydrogens (tertiary/aromatic N) is 5. The zero-order valence-corrected chi connectivity index (χ0v) is 13.9. The van der Waals surface area contributed by atoms with E-state index in [4.69, 9.17) is 0 Å². The Morgan fingerprint density at radius 2 is 2.20 bits per heavy atom. The first-order valence-corrected chi connectivity index (χ1v) is 8.34. The molecular formula is C18H18FN5O. The fraction of sp³-hybridized carbons (Fsp3) is 0.333. The number of hydrogen-bond acceptors (Lipinski definition) is 4. The molecule has 1 aromatic carbocycles. The lowest BCUT2D eigenvalue weighted by Gasteiger charge is -2.33. The van der Waals surface area contributed by atoms with Crippen molar-refractivity contribution < 1.29 is 9.18 Å². The highest BCUT2D eigenvalue weighted by atomic mass is 19.1. The number of likely N-dealkylation sites (tertiary alicyclic amines) is 1. The van der Waals surface area contributed by atoms with Gasteiger partial charge in [0.2, 0.25) is 0 Å². The van der Waals surface area contributed by atoms with Crippen molar-refractivity contribution in [1.29, 1.82) is 0 Å². The van der Waals surface area contributed by atoms with Crippen LogP contribution in [0.25, 0.3) is 5.78 Å². The van der Waals surface area contributed by atoms with Gasteiger partial charge >= 0.3 is 0 Å². The average Bonchev–Trinajstić information content (AvgIpc) is 3.08. The lowest BCUT2D eigenvalue weighted by Crippen LogP contribution is -2.39. The molecule has 3 aromatic rings. The van der Waals surface area contributed by atoms with E-state index < -0.39 is 5.82 Å². The summed E-state index contributed by atoms with van der Waals surface area (Å²) in [5.41, 5.74) is 2.28. The van der Waals surface area contributed by atoms with Crippen molar-refractivity contribution in [3.8, 4) is 0 Å². The summed E-state index contributed by atoms with van der Waals surface area (Å²) >= 11 is 0. The first-order valence-electron chi connectivity index (χ1n) is 8.34. The molecule has 25 heavy (non-hydrogen) atoms. The maximum atomic E-state index is 13.4. The Labute approximate surface area is 144 Å². The van der Waals surface area contributed by atoms with Crippen LogP contribution in [0.3, 0.4) is 0 Å². The third-order valence-corrected chi connectivity index (χ3v) is 4.61. The van der Waals surface area contributed by atoms with Crippen molar-refractivity contribution in [3.63, 3.8) is 0 Å². The van der Waals surface area contributed by atoms with E-state index in [0.717, 1.165) is 24.2 Å². The standard InChI is InChI=1S/C18H18FN5O/c1-12-8-16(24-18(22-12)20-11-21-24)14-5-3-7-23(10-14)17(25)13-4-2-6-15(19)9-13/h2,4,6,8-9,11,14H,3,5,7,10H2,1H3. The molecule has 2 aromatic heterocycles. The molecule has 4 rings (SSSR count). The molecule has 6 nitrogen and oxygen atoms in total. The van der Waals surface area contributed by atoms with Crippen LogP contribution in [-0.2, 0) is 0 Å². The van der Waals surface area contributed by atoms with Crippen molar-refractivity contribution in [1.82, 2.24) is 24.5 Å². The molecule has 1 aliphatic rings. The largest absolute Gasteiger partial charge is 0.338 e. The molecule has 0 radical (unpaired) electrons. The lowest BCUT2D eigenvalue weighted by atomic mass is 9.93. The van der Waals surface area contributed by atoms with Gasteiger partial charge in [0.05, 0.1) is 5.69 Å². The summed E-state index contributed by atoms with van der Waals surface area (Å²) in [4.78, 5) is 23.0. The number of carbonyl (C=O) groups is 1. The minimum absolute atomic E-state index is 0.134. The van der Waals surface area contributed by atoms with Crippen LogP contribution in [-0.4, -0.2) is 43.5 Å². The van der Waals surface area contributed by atoms with Crippen LogP contribution in [0.4, 0.5) is 4.39 Å². The van der Waals surface area contributed by atoms with Crippen molar-refractivity contribution in [2.24, 2.45) is 0 Å². The lowest BCUT2D eigenvalue weighted by molar-refractivity contribution is 0.0704. The molecule has 1 saturated heterocycles. The summed E-state index contributed by atoms with van der Waals surface area (Å²) in [6, 6.07) is 7.86. The smallest absolute Gasteiger partial charge is 0.253 e. The van der Waals surface area contributed by atoms with Crippen molar-refractivity contribution in [2.45, 2.75) is 25.7 Å². The van der Waals surface area contributed by atoms with Gasteiger partial charge in [-0.05, 0) is 44.0 Å². The molecule has 128 valence electrons. The average molecular weight is 339 g/mol. The number of amides is 1. The number of piperidine rings is 1. The van der Waals surface area contributed by atoms with E-state index in [1.807, 2.05) is 13.0 Å². The predicted molar refractivity (Wildman–Crippen MR) is 89.8 cm³/mol. The quantitative estimate of drug-likeness (QED) is 0.720. The van der Waals surface area contributed by atoms with Crippen LogP contribution < -0.4 is 0 Å². The normalized spacial score (nSPS) is 17.8. The van der Waals surface area contributed by atoms with Crippen molar-refractivity contribution in [3.05, 3.63) is 59.4 Å². The first-order chi connectivity index (χ1) is 12.1. The monoisotopic (exact) mass is 339 g/mol. The fourth-order valence-electron chi connectivity index (χ4n) is 3.46. The zero-order valence-electron chi connectivity index (χ0n) is 13.9. The van der Waals surface area contributed by atoms with Gasteiger partial charge in [0.25, 0.3) is 11.7 Å². The van der Waals surface area contributed by atoms with Gasteiger partial charge in [-0.25, -0.2) is 13.9 Å². The van der Waals surface area contributed by atoms with Crippen LogP contribution in [0.15, 0.2) is 36.7 Å². The molecule has 1 aliphatic heterocycles. The number of carbonyl (C=O) groups excluding carboxylic acids is 1. The van der Waals surface area contributed by atoms with Gasteiger partial charge in [-0.2, -0.15) is 10.1 Å². The Morgan fingerprint density at radius 1 is 1.32 bits per heavy atom. The minimum Gasteiger partial charge on any atom is -0.338 e. The third-order valence-electron chi connectivity index (χ3n) is 4.61. The fourth-order valence-corrected chi connectivity index (χ4v) is 3.46. The number of hydrogen-bond donors (Lipinski definition) is 0. The number of rotatable bonds is 2. The molecule has 3 heterocycles. The van der Waals surface area contributed by atoms with Crippen molar-refractivity contribution >= 4 is 11.7 Å². The predicted octanol–water partition coefficient (Wildman–Crippen LogP) is 2.59. The summed E-state index contributed by atoms with van der Waals surface area (Å²) < 4.78 is 15.2. The Balaban J connectivity index is 1.62. The molecule has 0 N–H and O–H groups in total. The summed E-state index contributed by atoms with van der Waals surface area (Å²) in [6.07, 6.45) is 3.35. The van der Waals surface area contributed by atoms with Gasteiger partial charge < -0.3 is 4.90 Å². The Morgan fingerprint density at radius 3 is 3.04 bits per heavy atom. The minimum atomic E-state index is -0.395.